The molecule has 7 heteroatoms. The number of nitrogens with one attached hydrogen (secondary N) is 1. The van der Waals surface area contributed by atoms with Gasteiger partial charge in [-0.15, -0.1) is 0 Å². The molecule has 2 rings (SSSR count). The highest BCUT2D eigenvalue weighted by atomic mass is 35.5. The predicted octanol–water partition coefficient (Wildman–Crippen LogP) is 1.98. The highest BCUT2D eigenvalue weighted by molar-refractivity contribution is 6.30. The molecule has 0 fully saturated rings. The quantitative estimate of drug-likeness (QED) is 0.654. The normalized spacial score (nSPS) is 10.1. The smallest absolute Gasteiger partial charge is 0.362 e. The highest BCUT2D eigenvalue weighted by Crippen LogP contribution is 2.18. The van der Waals surface area contributed by atoms with E-state index in [0.717, 1.165) is 6.33 Å². The number of carboxylic acid groups (broad SMARTS) is 1. The summed E-state index contributed by atoms with van der Waals surface area (Å²) in [5.41, 5.74) is -0.607. The summed E-state index contributed by atoms with van der Waals surface area (Å²) in [5.74, 6) is -1.93. The third kappa shape index (κ3) is 2.49. The molecule has 0 spiro atoms. The zero-order valence-corrected chi connectivity index (χ0v) is 9.64. The number of aromatic nitrogens is 2. The third-order valence-corrected chi connectivity index (χ3v) is 2.29. The molecule has 6 nitrogen and oxygen atoms in total. The molecule has 1 aromatic carbocycles. The number of nitrogens with zero attached hydrogens (tertiary/aromatic N) is 1. The van der Waals surface area contributed by atoms with E-state index in [4.69, 9.17) is 21.4 Å². The molecule has 0 saturated heterocycles. The molecule has 0 radical (unpaired) electrons. The van der Waals surface area contributed by atoms with Crippen molar-refractivity contribution in [3.8, 4) is 5.75 Å². The van der Waals surface area contributed by atoms with E-state index in [-0.39, 0.29) is 17.1 Å². The summed E-state index contributed by atoms with van der Waals surface area (Å²) in [5, 5.41) is 9.21. The monoisotopic (exact) mass is 266 g/mol. The van der Waals surface area contributed by atoms with E-state index in [1.54, 1.807) is 12.1 Å². The van der Waals surface area contributed by atoms with Gasteiger partial charge in [-0.25, -0.2) is 14.6 Å². The summed E-state index contributed by atoms with van der Waals surface area (Å²) < 4.78 is 4.97. The summed E-state index contributed by atoms with van der Waals surface area (Å²) in [4.78, 5) is 28.4. The van der Waals surface area contributed by atoms with Gasteiger partial charge in [-0.3, -0.25) is 0 Å². The minimum Gasteiger partial charge on any atom is -0.476 e. The Morgan fingerprint density at radius 1 is 1.39 bits per heavy atom. The van der Waals surface area contributed by atoms with Crippen molar-refractivity contribution in [2.24, 2.45) is 0 Å². The van der Waals surface area contributed by atoms with Crippen LogP contribution < -0.4 is 4.74 Å². The minimum absolute atomic E-state index is 0.220. The maximum Gasteiger partial charge on any atom is 0.362 e. The third-order valence-electron chi connectivity index (χ3n) is 2.05. The van der Waals surface area contributed by atoms with Gasteiger partial charge in [-0.1, -0.05) is 17.7 Å². The van der Waals surface area contributed by atoms with Gasteiger partial charge < -0.3 is 14.8 Å². The summed E-state index contributed by atoms with van der Waals surface area (Å²) in [6, 6.07) is 6.20. The Morgan fingerprint density at radius 3 is 2.83 bits per heavy atom. The zero-order valence-electron chi connectivity index (χ0n) is 8.88. The lowest BCUT2D eigenvalue weighted by Crippen LogP contribution is -2.14. The van der Waals surface area contributed by atoms with Crippen LogP contribution in [-0.2, 0) is 0 Å². The van der Waals surface area contributed by atoms with E-state index in [1.807, 2.05) is 0 Å². The van der Waals surface area contributed by atoms with Crippen molar-refractivity contribution in [1.82, 2.24) is 9.97 Å². The number of halogens is 1. The molecule has 2 N–H and O–H groups in total. The fraction of sp³-hybridized carbons (Fsp3) is 0. The molecule has 0 aliphatic rings. The Morgan fingerprint density at radius 2 is 2.17 bits per heavy atom. The Labute approximate surface area is 106 Å². The van der Waals surface area contributed by atoms with Crippen molar-refractivity contribution in [2.45, 2.75) is 0 Å². The SMILES string of the molecule is O=C(O)c1nc[nH]c1C(=O)Oc1cccc(Cl)c1. The number of ether oxygens (including phenoxy) is 1. The molecular weight excluding hydrogens is 260 g/mol. The number of carboxylic acids is 1. The Kier molecular flexibility index (Phi) is 3.29. The number of hydrogen-bond donors (Lipinski definition) is 2. The molecule has 0 aliphatic heterocycles. The molecule has 2 aromatic rings. The second-order valence-corrected chi connectivity index (χ2v) is 3.71. The van der Waals surface area contributed by atoms with Crippen LogP contribution >= 0.6 is 11.6 Å². The van der Waals surface area contributed by atoms with Crippen LogP contribution in [0, 0.1) is 0 Å². The number of aromatic amines is 1. The van der Waals surface area contributed by atoms with E-state index < -0.39 is 11.9 Å². The van der Waals surface area contributed by atoms with Crippen LogP contribution in [0.1, 0.15) is 21.0 Å². The van der Waals surface area contributed by atoms with Gasteiger partial charge in [0.05, 0.1) is 6.33 Å². The highest BCUT2D eigenvalue weighted by Gasteiger charge is 2.21. The number of esters is 1. The largest absolute Gasteiger partial charge is 0.476 e. The molecule has 18 heavy (non-hydrogen) atoms. The molecule has 0 atom stereocenters. The van der Waals surface area contributed by atoms with Crippen LogP contribution in [0.5, 0.6) is 5.75 Å². The first-order valence-corrected chi connectivity index (χ1v) is 5.20. The van der Waals surface area contributed by atoms with Crippen LogP contribution in [0.15, 0.2) is 30.6 Å². The molecule has 0 saturated carbocycles. The number of aromatic carboxylic acids is 1. The van der Waals surface area contributed by atoms with E-state index >= 15 is 0 Å². The summed E-state index contributed by atoms with van der Waals surface area (Å²) in [6.07, 6.45) is 1.11. The summed E-state index contributed by atoms with van der Waals surface area (Å²) >= 11 is 5.73. The number of carbonyl (C=O) groups excluding carboxylic acids is 1. The molecule has 1 heterocycles. The van der Waals surface area contributed by atoms with E-state index in [9.17, 15) is 9.59 Å². The number of rotatable bonds is 3. The van der Waals surface area contributed by atoms with Crippen molar-refractivity contribution in [3.05, 3.63) is 47.0 Å². The lowest BCUT2D eigenvalue weighted by atomic mass is 10.3. The number of benzene rings is 1. The van der Waals surface area contributed by atoms with Crippen LogP contribution in [0.2, 0.25) is 5.02 Å². The maximum atomic E-state index is 11.7. The van der Waals surface area contributed by atoms with Gasteiger partial charge >= 0.3 is 11.9 Å². The first-order chi connectivity index (χ1) is 8.58. The molecule has 0 amide bonds. The Bertz CT molecular complexity index is 609. The Hall–Kier alpha value is -2.34. The lowest BCUT2D eigenvalue weighted by molar-refractivity contribution is 0.0661. The average Bonchev–Trinajstić information content (AvgIpc) is 2.77. The number of hydrogen-bond acceptors (Lipinski definition) is 4. The molecule has 0 aliphatic carbocycles. The fourth-order valence-electron chi connectivity index (χ4n) is 1.30. The van der Waals surface area contributed by atoms with Crippen molar-refractivity contribution in [2.75, 3.05) is 0 Å². The molecule has 0 bridgehead atoms. The summed E-state index contributed by atoms with van der Waals surface area (Å²) in [6.45, 7) is 0. The molecule has 1 aromatic heterocycles. The van der Waals surface area contributed by atoms with Gasteiger partial charge in [0.2, 0.25) is 0 Å². The van der Waals surface area contributed by atoms with Crippen LogP contribution in [0.4, 0.5) is 0 Å². The van der Waals surface area contributed by atoms with Crippen molar-refractivity contribution >= 4 is 23.5 Å². The zero-order chi connectivity index (χ0) is 13.1. The van der Waals surface area contributed by atoms with Crippen LogP contribution in [0.3, 0.4) is 0 Å². The Balaban J connectivity index is 2.22. The van der Waals surface area contributed by atoms with E-state index in [0.29, 0.717) is 5.02 Å². The second-order valence-electron chi connectivity index (χ2n) is 3.28. The summed E-state index contributed by atoms with van der Waals surface area (Å²) in [7, 11) is 0. The van der Waals surface area contributed by atoms with Gasteiger partial charge in [0, 0.05) is 5.02 Å². The van der Waals surface area contributed by atoms with Crippen LogP contribution in [-0.4, -0.2) is 27.0 Å². The maximum absolute atomic E-state index is 11.7. The van der Waals surface area contributed by atoms with Gasteiger partial charge in [0.15, 0.2) is 11.4 Å². The number of H-pyrrole nitrogens is 1. The fourth-order valence-corrected chi connectivity index (χ4v) is 1.48. The first kappa shape index (κ1) is 12.1. The standard InChI is InChI=1S/C11H7ClN2O4/c12-6-2-1-3-7(4-6)18-11(17)9-8(10(15)16)13-5-14-9/h1-5H,(H,13,14)(H,15,16). The van der Waals surface area contributed by atoms with E-state index in [1.165, 1.54) is 12.1 Å². The van der Waals surface area contributed by atoms with Crippen LogP contribution in [0.25, 0.3) is 0 Å². The van der Waals surface area contributed by atoms with Gasteiger partial charge in [-0.05, 0) is 18.2 Å². The average molecular weight is 267 g/mol. The van der Waals surface area contributed by atoms with Crippen molar-refractivity contribution in [1.29, 1.82) is 0 Å². The molecule has 0 unspecified atom stereocenters. The topological polar surface area (TPSA) is 92.3 Å². The molecular formula is C11H7ClN2O4. The predicted molar refractivity (Wildman–Crippen MR) is 62.0 cm³/mol. The second kappa shape index (κ2) is 4.89. The first-order valence-electron chi connectivity index (χ1n) is 4.82. The van der Waals surface area contributed by atoms with Gasteiger partial charge in [-0.2, -0.15) is 0 Å². The van der Waals surface area contributed by atoms with Crippen molar-refractivity contribution in [3.63, 3.8) is 0 Å². The number of carbonyl (C=O) groups is 2. The van der Waals surface area contributed by atoms with Gasteiger partial charge in [0.1, 0.15) is 5.75 Å². The van der Waals surface area contributed by atoms with Gasteiger partial charge in [0.25, 0.3) is 0 Å². The lowest BCUT2D eigenvalue weighted by Gasteiger charge is -2.03. The minimum atomic E-state index is -1.31. The number of imidazole rings is 1. The van der Waals surface area contributed by atoms with E-state index in [2.05, 4.69) is 9.97 Å². The molecule has 92 valence electrons. The van der Waals surface area contributed by atoms with Crippen molar-refractivity contribution < 1.29 is 19.4 Å².